The quantitative estimate of drug-likeness (QED) is 0.792. The van der Waals surface area contributed by atoms with E-state index in [2.05, 4.69) is 26.0 Å². The number of halogens is 1. The molecule has 0 bridgehead atoms. The molecule has 0 radical (unpaired) electrons. The van der Waals surface area contributed by atoms with Crippen LogP contribution in [0.2, 0.25) is 0 Å². The van der Waals surface area contributed by atoms with E-state index in [1.807, 2.05) is 41.2 Å². The molecule has 3 rings (SSSR count). The van der Waals surface area contributed by atoms with Gasteiger partial charge < -0.3 is 5.73 Å². The molecule has 0 spiro atoms. The molecule has 5 heteroatoms. The van der Waals surface area contributed by atoms with Gasteiger partial charge in [0.15, 0.2) is 0 Å². The number of nitrogens with zero attached hydrogens (tertiary/aromatic N) is 3. The Morgan fingerprint density at radius 3 is 2.89 bits per heavy atom. The van der Waals surface area contributed by atoms with Crippen LogP contribution in [0.1, 0.15) is 5.69 Å². The maximum Gasteiger partial charge on any atom is 0.0892 e. The number of hydrogen-bond donors (Lipinski definition) is 1. The highest BCUT2D eigenvalue weighted by Gasteiger charge is 2.09. The minimum atomic E-state index is 0.386. The monoisotopic (exact) mass is 302 g/mol. The van der Waals surface area contributed by atoms with Crippen LogP contribution in [0.3, 0.4) is 0 Å². The molecule has 0 aliphatic rings. The predicted octanol–water partition coefficient (Wildman–Crippen LogP) is 2.64. The van der Waals surface area contributed by atoms with Crippen molar-refractivity contribution in [2.45, 2.75) is 6.54 Å². The Labute approximate surface area is 113 Å². The van der Waals surface area contributed by atoms with E-state index in [0.29, 0.717) is 6.54 Å². The van der Waals surface area contributed by atoms with E-state index in [1.165, 1.54) is 0 Å². The van der Waals surface area contributed by atoms with Crippen LogP contribution < -0.4 is 5.73 Å². The van der Waals surface area contributed by atoms with Crippen molar-refractivity contribution in [2.24, 2.45) is 5.73 Å². The van der Waals surface area contributed by atoms with Crippen LogP contribution in [0.15, 0.2) is 47.2 Å². The van der Waals surface area contributed by atoms with Crippen LogP contribution in [0, 0.1) is 0 Å². The van der Waals surface area contributed by atoms with E-state index in [0.717, 1.165) is 26.8 Å². The van der Waals surface area contributed by atoms with E-state index in [9.17, 15) is 0 Å². The Morgan fingerprint density at radius 1 is 1.22 bits per heavy atom. The second-order valence-electron chi connectivity index (χ2n) is 3.94. The van der Waals surface area contributed by atoms with Crippen LogP contribution in [-0.2, 0) is 6.54 Å². The number of rotatable bonds is 2. The van der Waals surface area contributed by atoms with Crippen molar-refractivity contribution in [2.75, 3.05) is 0 Å². The number of pyridine rings is 1. The van der Waals surface area contributed by atoms with Gasteiger partial charge in [-0.05, 0) is 28.1 Å². The number of fused-ring (bicyclic) bond motifs is 1. The lowest BCUT2D eigenvalue weighted by atomic mass is 10.2. The molecule has 0 fully saturated rings. The van der Waals surface area contributed by atoms with Crippen molar-refractivity contribution >= 4 is 26.8 Å². The van der Waals surface area contributed by atoms with Gasteiger partial charge in [0.2, 0.25) is 0 Å². The Kier molecular flexibility index (Phi) is 2.85. The highest BCUT2D eigenvalue weighted by Crippen LogP contribution is 2.22. The fraction of sp³-hybridized carbons (Fsp3) is 0.0769. The number of hydrogen-bond acceptors (Lipinski definition) is 3. The van der Waals surface area contributed by atoms with E-state index in [-0.39, 0.29) is 0 Å². The zero-order valence-electron chi connectivity index (χ0n) is 9.55. The van der Waals surface area contributed by atoms with Crippen molar-refractivity contribution in [3.05, 3.63) is 52.9 Å². The fourth-order valence-corrected chi connectivity index (χ4v) is 2.28. The standard InChI is InChI=1S/C13H11BrN4/c14-10-5-13(11(6-15)16-8-10)18-12-4-2-1-3-9(12)7-17-18/h1-5,7-8H,6,15H2. The average Bonchev–Trinajstić information content (AvgIpc) is 2.82. The summed E-state index contributed by atoms with van der Waals surface area (Å²) in [6, 6.07) is 10.0. The van der Waals surface area contributed by atoms with Gasteiger partial charge in [-0.25, -0.2) is 4.68 Å². The third-order valence-electron chi connectivity index (χ3n) is 2.81. The van der Waals surface area contributed by atoms with E-state index >= 15 is 0 Å². The summed E-state index contributed by atoms with van der Waals surface area (Å²) in [6.45, 7) is 0.386. The van der Waals surface area contributed by atoms with Crippen molar-refractivity contribution in [3.8, 4) is 5.69 Å². The highest BCUT2D eigenvalue weighted by atomic mass is 79.9. The van der Waals surface area contributed by atoms with Gasteiger partial charge in [-0.15, -0.1) is 0 Å². The summed E-state index contributed by atoms with van der Waals surface area (Å²) in [4.78, 5) is 4.33. The number of aromatic nitrogens is 3. The van der Waals surface area contributed by atoms with Crippen molar-refractivity contribution in [3.63, 3.8) is 0 Å². The van der Waals surface area contributed by atoms with Gasteiger partial charge in [0.05, 0.1) is 23.1 Å². The van der Waals surface area contributed by atoms with E-state index in [4.69, 9.17) is 5.73 Å². The molecular weight excluding hydrogens is 292 g/mol. The lowest BCUT2D eigenvalue weighted by Gasteiger charge is -2.08. The molecule has 4 nitrogen and oxygen atoms in total. The maximum absolute atomic E-state index is 5.73. The van der Waals surface area contributed by atoms with Crippen LogP contribution in [-0.4, -0.2) is 14.8 Å². The molecule has 0 saturated carbocycles. The minimum Gasteiger partial charge on any atom is -0.325 e. The topological polar surface area (TPSA) is 56.7 Å². The van der Waals surface area contributed by atoms with Gasteiger partial charge in [-0.1, -0.05) is 18.2 Å². The fourth-order valence-electron chi connectivity index (χ4n) is 1.96. The molecule has 0 aliphatic heterocycles. The normalized spacial score (nSPS) is 11.0. The molecule has 2 aromatic heterocycles. The van der Waals surface area contributed by atoms with Crippen LogP contribution in [0.25, 0.3) is 16.6 Å². The zero-order valence-corrected chi connectivity index (χ0v) is 11.1. The van der Waals surface area contributed by atoms with Gasteiger partial charge in [0, 0.05) is 22.6 Å². The smallest absolute Gasteiger partial charge is 0.0892 e. The van der Waals surface area contributed by atoms with E-state index in [1.54, 1.807) is 6.20 Å². The first-order valence-corrected chi connectivity index (χ1v) is 6.36. The van der Waals surface area contributed by atoms with Crippen LogP contribution in [0.4, 0.5) is 0 Å². The second kappa shape index (κ2) is 4.51. The molecule has 0 aliphatic carbocycles. The van der Waals surface area contributed by atoms with E-state index < -0.39 is 0 Å². The summed E-state index contributed by atoms with van der Waals surface area (Å²) < 4.78 is 2.78. The van der Waals surface area contributed by atoms with Gasteiger partial charge in [0.25, 0.3) is 0 Å². The molecule has 90 valence electrons. The third kappa shape index (κ3) is 1.81. The Hall–Kier alpha value is -1.72. The summed E-state index contributed by atoms with van der Waals surface area (Å²) in [7, 11) is 0. The highest BCUT2D eigenvalue weighted by molar-refractivity contribution is 9.10. The predicted molar refractivity (Wildman–Crippen MR) is 74.5 cm³/mol. The second-order valence-corrected chi connectivity index (χ2v) is 4.85. The Balaban J connectivity index is 2.29. The lowest BCUT2D eigenvalue weighted by molar-refractivity contribution is 0.859. The van der Waals surface area contributed by atoms with Gasteiger partial charge in [-0.3, -0.25) is 4.98 Å². The maximum atomic E-state index is 5.73. The molecule has 3 aromatic rings. The third-order valence-corrected chi connectivity index (χ3v) is 3.25. The largest absolute Gasteiger partial charge is 0.325 e. The van der Waals surface area contributed by atoms with Crippen molar-refractivity contribution in [1.29, 1.82) is 0 Å². The summed E-state index contributed by atoms with van der Waals surface area (Å²) in [6.07, 6.45) is 3.59. The van der Waals surface area contributed by atoms with Crippen molar-refractivity contribution in [1.82, 2.24) is 14.8 Å². The minimum absolute atomic E-state index is 0.386. The van der Waals surface area contributed by atoms with Crippen molar-refractivity contribution < 1.29 is 0 Å². The summed E-state index contributed by atoms with van der Waals surface area (Å²) in [5, 5.41) is 5.51. The number of para-hydroxylation sites is 1. The Bertz CT molecular complexity index is 705. The average molecular weight is 303 g/mol. The number of benzene rings is 1. The first kappa shape index (κ1) is 11.4. The molecule has 2 N–H and O–H groups in total. The van der Waals surface area contributed by atoms with Crippen LogP contribution >= 0.6 is 15.9 Å². The van der Waals surface area contributed by atoms with Gasteiger partial charge in [0.1, 0.15) is 0 Å². The SMILES string of the molecule is NCc1ncc(Br)cc1-n1ncc2ccccc21. The molecule has 2 heterocycles. The molecule has 18 heavy (non-hydrogen) atoms. The van der Waals surface area contributed by atoms with Gasteiger partial charge in [-0.2, -0.15) is 5.10 Å². The molecule has 0 atom stereocenters. The van der Waals surface area contributed by atoms with Gasteiger partial charge >= 0.3 is 0 Å². The molecular formula is C13H11BrN4. The first-order valence-electron chi connectivity index (χ1n) is 5.57. The molecule has 0 amide bonds. The molecule has 0 saturated heterocycles. The lowest BCUT2D eigenvalue weighted by Crippen LogP contribution is -2.07. The summed E-state index contributed by atoms with van der Waals surface area (Å²) >= 11 is 3.43. The molecule has 1 aromatic carbocycles. The zero-order chi connectivity index (χ0) is 12.5. The summed E-state index contributed by atoms with van der Waals surface area (Å²) in [5.41, 5.74) is 8.52. The number of nitrogens with two attached hydrogens (primary N) is 1. The first-order chi connectivity index (χ1) is 8.79. The van der Waals surface area contributed by atoms with Crippen LogP contribution in [0.5, 0.6) is 0 Å². The Morgan fingerprint density at radius 2 is 2.06 bits per heavy atom. The summed E-state index contributed by atoms with van der Waals surface area (Å²) in [5.74, 6) is 0. The molecule has 0 unspecified atom stereocenters.